The minimum absolute atomic E-state index is 0.510. The molecule has 94 valence electrons. The zero-order chi connectivity index (χ0) is 13.1. The minimum atomic E-state index is -0.597. The zero-order valence-electron chi connectivity index (χ0n) is 10.5. The Balaban J connectivity index is 2.27. The van der Waals surface area contributed by atoms with Crippen LogP contribution in [0.4, 0.5) is 0 Å². The van der Waals surface area contributed by atoms with E-state index in [1.165, 1.54) is 16.7 Å². The van der Waals surface area contributed by atoms with Crippen molar-refractivity contribution in [3.8, 4) is 0 Å². The lowest BCUT2D eigenvalue weighted by Crippen LogP contribution is -2.05. The molecule has 0 spiro atoms. The summed E-state index contributed by atoms with van der Waals surface area (Å²) in [6.07, 6.45) is 3.18. The topological polar surface area (TPSA) is 33.1 Å². The highest BCUT2D eigenvalue weighted by atomic mass is 35.5. The molecule has 0 radical (unpaired) electrons. The van der Waals surface area contributed by atoms with Crippen LogP contribution in [0.2, 0.25) is 5.02 Å². The molecular weight excluding hydrogens is 246 g/mol. The Hall–Kier alpha value is -1.38. The molecule has 2 aromatic rings. The Morgan fingerprint density at radius 1 is 1.22 bits per heavy atom. The molecule has 3 heteroatoms. The van der Waals surface area contributed by atoms with Crippen molar-refractivity contribution in [2.24, 2.45) is 0 Å². The second kappa shape index (κ2) is 5.51. The smallest absolute Gasteiger partial charge is 0.0846 e. The van der Waals surface area contributed by atoms with Gasteiger partial charge in [-0.1, -0.05) is 29.8 Å². The standard InChI is InChI=1S/C15H16ClNO/c1-10-4-3-5-11(2)13(10)8-15(18)12-6-7-17-9-14(12)16/h3-7,9,15,18H,8H2,1-2H3. The van der Waals surface area contributed by atoms with E-state index in [1.807, 2.05) is 6.07 Å². The zero-order valence-corrected chi connectivity index (χ0v) is 11.3. The molecule has 1 aromatic heterocycles. The molecule has 1 aromatic carbocycles. The van der Waals surface area contributed by atoms with Crippen molar-refractivity contribution in [2.45, 2.75) is 26.4 Å². The lowest BCUT2D eigenvalue weighted by Gasteiger charge is -2.15. The summed E-state index contributed by atoms with van der Waals surface area (Å²) in [5.41, 5.74) is 4.30. The van der Waals surface area contributed by atoms with Gasteiger partial charge in [-0.2, -0.15) is 0 Å². The van der Waals surface area contributed by atoms with Gasteiger partial charge in [0.2, 0.25) is 0 Å². The summed E-state index contributed by atoms with van der Waals surface area (Å²) in [7, 11) is 0. The van der Waals surface area contributed by atoms with Crippen LogP contribution in [0.15, 0.2) is 36.7 Å². The molecule has 0 aliphatic rings. The predicted octanol–water partition coefficient (Wildman–Crippen LogP) is 3.63. The van der Waals surface area contributed by atoms with Crippen molar-refractivity contribution >= 4 is 11.6 Å². The summed E-state index contributed by atoms with van der Waals surface area (Å²) in [5.74, 6) is 0. The van der Waals surface area contributed by atoms with Gasteiger partial charge in [-0.15, -0.1) is 0 Å². The van der Waals surface area contributed by atoms with Crippen LogP contribution in [0, 0.1) is 13.8 Å². The number of halogens is 1. The van der Waals surface area contributed by atoms with Crippen molar-refractivity contribution in [3.63, 3.8) is 0 Å². The van der Waals surface area contributed by atoms with E-state index in [9.17, 15) is 5.11 Å². The maximum absolute atomic E-state index is 10.3. The van der Waals surface area contributed by atoms with Crippen molar-refractivity contribution in [1.29, 1.82) is 0 Å². The first-order valence-corrected chi connectivity index (χ1v) is 6.30. The van der Waals surface area contributed by atoms with Gasteiger partial charge in [0.1, 0.15) is 0 Å². The van der Waals surface area contributed by atoms with Crippen LogP contribution >= 0.6 is 11.6 Å². The Morgan fingerprint density at radius 2 is 1.89 bits per heavy atom. The molecule has 0 aliphatic carbocycles. The van der Waals surface area contributed by atoms with Crippen molar-refractivity contribution in [2.75, 3.05) is 0 Å². The number of hydrogen-bond donors (Lipinski definition) is 1. The Morgan fingerprint density at radius 3 is 2.50 bits per heavy atom. The lowest BCUT2D eigenvalue weighted by atomic mass is 9.95. The van der Waals surface area contributed by atoms with Gasteiger partial charge in [0.15, 0.2) is 0 Å². The van der Waals surface area contributed by atoms with Crippen molar-refractivity contribution < 1.29 is 5.11 Å². The second-order valence-corrected chi connectivity index (χ2v) is 4.89. The second-order valence-electron chi connectivity index (χ2n) is 4.49. The maximum Gasteiger partial charge on any atom is 0.0846 e. The van der Waals surface area contributed by atoms with Crippen LogP contribution in [0.1, 0.15) is 28.4 Å². The molecule has 0 saturated heterocycles. The Kier molecular flexibility index (Phi) is 4.00. The molecule has 0 fully saturated rings. The molecule has 1 atom stereocenters. The van der Waals surface area contributed by atoms with Crippen LogP contribution in [0.25, 0.3) is 0 Å². The SMILES string of the molecule is Cc1cccc(C)c1CC(O)c1ccncc1Cl. The fourth-order valence-electron chi connectivity index (χ4n) is 2.13. The largest absolute Gasteiger partial charge is 0.388 e. The average molecular weight is 262 g/mol. The van der Waals surface area contributed by atoms with E-state index in [0.29, 0.717) is 11.4 Å². The van der Waals surface area contributed by atoms with Crippen LogP contribution in [0.5, 0.6) is 0 Å². The highest BCUT2D eigenvalue weighted by molar-refractivity contribution is 6.31. The molecule has 1 heterocycles. The first kappa shape index (κ1) is 13.1. The van der Waals surface area contributed by atoms with Crippen molar-refractivity contribution in [3.05, 3.63) is 63.9 Å². The van der Waals surface area contributed by atoms with Gasteiger partial charge in [0.05, 0.1) is 11.1 Å². The summed E-state index contributed by atoms with van der Waals surface area (Å²) >= 11 is 6.04. The van der Waals surface area contributed by atoms with Gasteiger partial charge >= 0.3 is 0 Å². The molecule has 2 rings (SSSR count). The van der Waals surface area contributed by atoms with Gasteiger partial charge in [-0.25, -0.2) is 0 Å². The number of aryl methyl sites for hydroxylation is 2. The molecule has 1 unspecified atom stereocenters. The third kappa shape index (κ3) is 2.71. The quantitative estimate of drug-likeness (QED) is 0.915. The van der Waals surface area contributed by atoms with E-state index in [-0.39, 0.29) is 0 Å². The van der Waals surface area contributed by atoms with Gasteiger partial charge in [0.25, 0.3) is 0 Å². The van der Waals surface area contributed by atoms with Gasteiger partial charge in [-0.3, -0.25) is 4.98 Å². The monoisotopic (exact) mass is 261 g/mol. The Labute approximate surface area is 112 Å². The summed E-state index contributed by atoms with van der Waals surface area (Å²) in [6, 6.07) is 7.91. The number of hydrogen-bond acceptors (Lipinski definition) is 2. The number of aromatic nitrogens is 1. The van der Waals surface area contributed by atoms with E-state index in [0.717, 1.165) is 5.56 Å². The number of nitrogens with zero attached hydrogens (tertiary/aromatic N) is 1. The molecule has 0 bridgehead atoms. The predicted molar refractivity (Wildman–Crippen MR) is 73.8 cm³/mol. The first-order chi connectivity index (χ1) is 8.59. The molecule has 0 amide bonds. The van der Waals surface area contributed by atoms with E-state index < -0.39 is 6.10 Å². The number of aliphatic hydroxyl groups excluding tert-OH is 1. The van der Waals surface area contributed by atoms with Crippen LogP contribution in [-0.2, 0) is 6.42 Å². The molecule has 0 saturated carbocycles. The highest BCUT2D eigenvalue weighted by Gasteiger charge is 2.14. The fourth-order valence-corrected chi connectivity index (χ4v) is 2.38. The number of benzene rings is 1. The van der Waals surface area contributed by atoms with E-state index in [4.69, 9.17) is 11.6 Å². The van der Waals surface area contributed by atoms with Gasteiger partial charge < -0.3 is 5.11 Å². The van der Waals surface area contributed by atoms with E-state index in [1.54, 1.807) is 18.5 Å². The van der Waals surface area contributed by atoms with E-state index >= 15 is 0 Å². The summed E-state index contributed by atoms with van der Waals surface area (Å²) in [4.78, 5) is 3.93. The fraction of sp³-hybridized carbons (Fsp3) is 0.267. The molecule has 18 heavy (non-hydrogen) atoms. The third-order valence-corrected chi connectivity index (χ3v) is 3.52. The number of pyridine rings is 1. The average Bonchev–Trinajstić information content (AvgIpc) is 2.34. The summed E-state index contributed by atoms with van der Waals surface area (Å²) < 4.78 is 0. The van der Waals surface area contributed by atoms with Gasteiger partial charge in [-0.05, 0) is 36.6 Å². The summed E-state index contributed by atoms with van der Waals surface area (Å²) in [5, 5.41) is 10.8. The van der Waals surface area contributed by atoms with Crippen LogP contribution in [0.3, 0.4) is 0 Å². The Bertz CT molecular complexity index is 534. The lowest BCUT2D eigenvalue weighted by molar-refractivity contribution is 0.178. The van der Waals surface area contributed by atoms with E-state index in [2.05, 4.69) is 31.0 Å². The number of rotatable bonds is 3. The third-order valence-electron chi connectivity index (χ3n) is 3.20. The number of aliphatic hydroxyl groups is 1. The van der Waals surface area contributed by atoms with Crippen molar-refractivity contribution in [1.82, 2.24) is 4.98 Å². The normalized spacial score (nSPS) is 12.4. The first-order valence-electron chi connectivity index (χ1n) is 5.92. The minimum Gasteiger partial charge on any atom is -0.388 e. The van der Waals surface area contributed by atoms with Gasteiger partial charge in [0, 0.05) is 24.4 Å². The maximum atomic E-state index is 10.3. The molecule has 2 nitrogen and oxygen atoms in total. The highest BCUT2D eigenvalue weighted by Crippen LogP contribution is 2.26. The molecule has 1 N–H and O–H groups in total. The van der Waals surface area contributed by atoms with Crippen LogP contribution in [-0.4, -0.2) is 10.1 Å². The molecular formula is C15H16ClNO. The van der Waals surface area contributed by atoms with Crippen LogP contribution < -0.4 is 0 Å². The molecule has 0 aliphatic heterocycles. The summed E-state index contributed by atoms with van der Waals surface area (Å²) in [6.45, 7) is 4.12.